The van der Waals surface area contributed by atoms with Gasteiger partial charge in [0, 0.05) is 51.6 Å². The van der Waals surface area contributed by atoms with Gasteiger partial charge in [0.05, 0.1) is 11.7 Å². The molecule has 0 saturated carbocycles. The van der Waals surface area contributed by atoms with E-state index in [0.29, 0.717) is 38.5 Å². The highest BCUT2D eigenvalue weighted by molar-refractivity contribution is 5.92. The highest BCUT2D eigenvalue weighted by atomic mass is 16.3. The predicted octanol–water partition coefficient (Wildman–Crippen LogP) is 1.60. The van der Waals surface area contributed by atoms with E-state index >= 15 is 0 Å². The van der Waals surface area contributed by atoms with Crippen molar-refractivity contribution in [2.45, 2.75) is 33.1 Å². The number of fused-ring (bicyclic) bond motifs is 1. The van der Waals surface area contributed by atoms with E-state index in [0.717, 1.165) is 25.8 Å². The second kappa shape index (κ2) is 6.39. The van der Waals surface area contributed by atoms with Gasteiger partial charge < -0.3 is 19.1 Å². The number of nitrogens with zero attached hydrogens (tertiary/aromatic N) is 3. The monoisotopic (exact) mass is 373 g/mol. The van der Waals surface area contributed by atoms with Crippen LogP contribution in [0.25, 0.3) is 0 Å². The second-order valence-electron chi connectivity index (χ2n) is 8.14. The molecule has 3 aliphatic heterocycles. The number of hydrogen-bond acceptors (Lipinski definition) is 4. The molecule has 4 rings (SSSR count). The first-order chi connectivity index (χ1) is 12.9. The standard InChI is InChI=1S/C20H27N3O4/c1-3-21-11-8-20(18(21)26)14-23(15(2)24)13-19(20)6-9-22(10-7-19)17(25)16-5-4-12-27-16/h4-5,12H,3,6-11,13-14H2,1-2H3. The second-order valence-corrected chi connectivity index (χ2v) is 8.14. The van der Waals surface area contributed by atoms with Gasteiger partial charge in [0.2, 0.25) is 11.8 Å². The number of hydrogen-bond donors (Lipinski definition) is 0. The van der Waals surface area contributed by atoms with Gasteiger partial charge in [-0.15, -0.1) is 0 Å². The lowest BCUT2D eigenvalue weighted by Crippen LogP contribution is -2.53. The number of furan rings is 1. The van der Waals surface area contributed by atoms with E-state index in [-0.39, 0.29) is 23.1 Å². The first kappa shape index (κ1) is 18.1. The highest BCUT2D eigenvalue weighted by Crippen LogP contribution is 2.57. The highest BCUT2D eigenvalue weighted by Gasteiger charge is 2.65. The molecule has 3 aliphatic rings. The van der Waals surface area contributed by atoms with E-state index in [2.05, 4.69) is 0 Å². The summed E-state index contributed by atoms with van der Waals surface area (Å²) in [4.78, 5) is 43.6. The summed E-state index contributed by atoms with van der Waals surface area (Å²) in [7, 11) is 0. The van der Waals surface area contributed by atoms with Crippen molar-refractivity contribution in [2.75, 3.05) is 39.3 Å². The summed E-state index contributed by atoms with van der Waals surface area (Å²) in [6.07, 6.45) is 3.79. The molecule has 146 valence electrons. The van der Waals surface area contributed by atoms with E-state index in [9.17, 15) is 14.4 Å². The van der Waals surface area contributed by atoms with Crippen molar-refractivity contribution < 1.29 is 18.8 Å². The lowest BCUT2D eigenvalue weighted by Gasteiger charge is -2.46. The first-order valence-electron chi connectivity index (χ1n) is 9.80. The van der Waals surface area contributed by atoms with E-state index in [4.69, 9.17) is 4.42 Å². The third kappa shape index (κ3) is 2.58. The quantitative estimate of drug-likeness (QED) is 0.789. The van der Waals surface area contributed by atoms with Crippen LogP contribution in [0.15, 0.2) is 22.8 Å². The molecule has 3 fully saturated rings. The van der Waals surface area contributed by atoms with Crippen LogP contribution in [0.2, 0.25) is 0 Å². The van der Waals surface area contributed by atoms with E-state index < -0.39 is 5.41 Å². The summed E-state index contributed by atoms with van der Waals surface area (Å²) in [5.41, 5.74) is -0.728. The number of amides is 3. The van der Waals surface area contributed by atoms with Crippen molar-refractivity contribution in [3.05, 3.63) is 24.2 Å². The normalized spacial score (nSPS) is 27.2. The fraction of sp³-hybridized carbons (Fsp3) is 0.650. The van der Waals surface area contributed by atoms with Gasteiger partial charge in [-0.2, -0.15) is 0 Å². The van der Waals surface area contributed by atoms with Crippen molar-refractivity contribution in [2.24, 2.45) is 10.8 Å². The Morgan fingerprint density at radius 3 is 2.41 bits per heavy atom. The van der Waals surface area contributed by atoms with Crippen molar-refractivity contribution in [3.63, 3.8) is 0 Å². The van der Waals surface area contributed by atoms with Crippen LogP contribution in [0.1, 0.15) is 43.7 Å². The van der Waals surface area contributed by atoms with Gasteiger partial charge in [0.25, 0.3) is 5.91 Å². The summed E-state index contributed by atoms with van der Waals surface area (Å²) in [6.45, 7) is 7.38. The van der Waals surface area contributed by atoms with Crippen LogP contribution in [0, 0.1) is 10.8 Å². The van der Waals surface area contributed by atoms with Gasteiger partial charge in [-0.3, -0.25) is 14.4 Å². The van der Waals surface area contributed by atoms with Crippen molar-refractivity contribution >= 4 is 17.7 Å². The smallest absolute Gasteiger partial charge is 0.289 e. The molecule has 4 heterocycles. The minimum absolute atomic E-state index is 0.0306. The SMILES string of the molecule is CCN1CCC2(CN(C(C)=O)CC23CCN(C(=O)c2ccco2)CC3)C1=O. The van der Waals surface area contributed by atoms with E-state index in [1.54, 1.807) is 19.1 Å². The van der Waals surface area contributed by atoms with Gasteiger partial charge >= 0.3 is 0 Å². The lowest BCUT2D eigenvalue weighted by molar-refractivity contribution is -0.141. The number of rotatable bonds is 2. The summed E-state index contributed by atoms with van der Waals surface area (Å²) in [6, 6.07) is 3.40. The molecule has 7 nitrogen and oxygen atoms in total. The minimum atomic E-state index is -0.492. The Morgan fingerprint density at radius 1 is 1.11 bits per heavy atom. The molecule has 2 spiro atoms. The number of carbonyl (C=O) groups is 3. The molecule has 1 atom stereocenters. The van der Waals surface area contributed by atoms with Crippen LogP contribution in [0.3, 0.4) is 0 Å². The van der Waals surface area contributed by atoms with Crippen LogP contribution in [0.5, 0.6) is 0 Å². The number of carbonyl (C=O) groups excluding carboxylic acids is 3. The molecule has 0 radical (unpaired) electrons. The molecule has 0 aromatic carbocycles. The molecule has 0 N–H and O–H groups in total. The predicted molar refractivity (Wildman–Crippen MR) is 97.8 cm³/mol. The molecule has 3 amide bonds. The summed E-state index contributed by atoms with van der Waals surface area (Å²) >= 11 is 0. The fourth-order valence-corrected chi connectivity index (χ4v) is 5.40. The lowest BCUT2D eigenvalue weighted by atomic mass is 9.60. The van der Waals surface area contributed by atoms with Crippen LogP contribution < -0.4 is 0 Å². The molecular formula is C20H27N3O4. The van der Waals surface area contributed by atoms with E-state index in [1.807, 2.05) is 21.6 Å². The Kier molecular flexibility index (Phi) is 4.28. The van der Waals surface area contributed by atoms with Crippen LogP contribution in [-0.4, -0.2) is 71.7 Å². The van der Waals surface area contributed by atoms with Gasteiger partial charge in [-0.1, -0.05) is 0 Å². The van der Waals surface area contributed by atoms with Crippen LogP contribution >= 0.6 is 0 Å². The first-order valence-corrected chi connectivity index (χ1v) is 9.80. The number of likely N-dealkylation sites (tertiary alicyclic amines) is 3. The maximum Gasteiger partial charge on any atom is 0.289 e. The van der Waals surface area contributed by atoms with Gasteiger partial charge in [-0.05, 0) is 38.3 Å². The molecule has 7 heteroatoms. The fourth-order valence-electron chi connectivity index (χ4n) is 5.40. The Labute approximate surface area is 159 Å². The van der Waals surface area contributed by atoms with Crippen LogP contribution in [0.4, 0.5) is 0 Å². The molecule has 0 aliphatic carbocycles. The Morgan fingerprint density at radius 2 is 1.85 bits per heavy atom. The molecular weight excluding hydrogens is 346 g/mol. The average Bonchev–Trinajstić information content (AvgIpc) is 3.37. The zero-order valence-corrected chi connectivity index (χ0v) is 16.1. The van der Waals surface area contributed by atoms with Crippen molar-refractivity contribution in [1.29, 1.82) is 0 Å². The summed E-state index contributed by atoms with van der Waals surface area (Å²) in [5, 5.41) is 0. The maximum atomic E-state index is 13.3. The molecule has 1 unspecified atom stereocenters. The third-order valence-corrected chi connectivity index (χ3v) is 7.04. The average molecular weight is 373 g/mol. The molecule has 0 bridgehead atoms. The zero-order valence-electron chi connectivity index (χ0n) is 16.1. The molecule has 27 heavy (non-hydrogen) atoms. The minimum Gasteiger partial charge on any atom is -0.459 e. The largest absolute Gasteiger partial charge is 0.459 e. The summed E-state index contributed by atoms with van der Waals surface area (Å²) < 4.78 is 5.25. The molecule has 1 aromatic heterocycles. The molecule has 3 saturated heterocycles. The topological polar surface area (TPSA) is 74.1 Å². The Hall–Kier alpha value is -2.31. The van der Waals surface area contributed by atoms with E-state index in [1.165, 1.54) is 6.26 Å². The van der Waals surface area contributed by atoms with Gasteiger partial charge in [0.15, 0.2) is 5.76 Å². The summed E-state index contributed by atoms with van der Waals surface area (Å²) in [5.74, 6) is 0.479. The van der Waals surface area contributed by atoms with Crippen molar-refractivity contribution in [3.8, 4) is 0 Å². The molecule has 1 aromatic rings. The van der Waals surface area contributed by atoms with Crippen LogP contribution in [-0.2, 0) is 9.59 Å². The Bertz CT molecular complexity index is 751. The van der Waals surface area contributed by atoms with Gasteiger partial charge in [0.1, 0.15) is 0 Å². The van der Waals surface area contributed by atoms with Gasteiger partial charge in [-0.25, -0.2) is 0 Å². The maximum absolute atomic E-state index is 13.3. The van der Waals surface area contributed by atoms with Crippen molar-refractivity contribution in [1.82, 2.24) is 14.7 Å². The Balaban J connectivity index is 1.58. The number of piperidine rings is 1. The zero-order chi connectivity index (χ0) is 19.2. The third-order valence-electron chi connectivity index (χ3n) is 7.04.